The zero-order valence-electron chi connectivity index (χ0n) is 13.3. The van der Waals surface area contributed by atoms with Gasteiger partial charge in [-0.3, -0.25) is 0 Å². The molecule has 0 fully saturated rings. The fraction of sp³-hybridized carbons (Fsp3) is 0.278. The average Bonchev–Trinajstić information content (AvgIpc) is 3.22. The molecule has 5 nitrogen and oxygen atoms in total. The summed E-state index contributed by atoms with van der Waals surface area (Å²) in [4.78, 5) is 12.0. The minimum atomic E-state index is 0.678. The Morgan fingerprint density at radius 1 is 1.17 bits per heavy atom. The second kappa shape index (κ2) is 5.27. The van der Waals surface area contributed by atoms with Crippen molar-refractivity contribution in [1.82, 2.24) is 19.6 Å². The summed E-state index contributed by atoms with van der Waals surface area (Å²) < 4.78 is 7.25. The largest absolute Gasteiger partial charge is 0.496 e. The number of fused-ring (bicyclic) bond motifs is 5. The maximum absolute atomic E-state index is 5.46. The topological polar surface area (TPSA) is 52.3 Å². The van der Waals surface area contributed by atoms with Crippen LogP contribution in [0.3, 0.4) is 0 Å². The van der Waals surface area contributed by atoms with Crippen molar-refractivity contribution in [2.24, 2.45) is 0 Å². The van der Waals surface area contributed by atoms with Crippen molar-refractivity contribution in [2.75, 3.05) is 7.11 Å². The number of hydrogen-bond donors (Lipinski definition) is 0. The van der Waals surface area contributed by atoms with Gasteiger partial charge in [-0.1, -0.05) is 12.1 Å². The molecule has 0 amide bonds. The van der Waals surface area contributed by atoms with Gasteiger partial charge in [0.05, 0.1) is 18.1 Å². The minimum absolute atomic E-state index is 0.678. The van der Waals surface area contributed by atoms with Gasteiger partial charge in [-0.15, -0.1) is 16.4 Å². The molecule has 120 valence electrons. The predicted octanol–water partition coefficient (Wildman–Crippen LogP) is 3.89. The van der Waals surface area contributed by atoms with Gasteiger partial charge in [-0.2, -0.15) is 0 Å². The third-order valence-electron chi connectivity index (χ3n) is 4.64. The smallest absolute Gasteiger partial charge is 0.185 e. The van der Waals surface area contributed by atoms with Crippen molar-refractivity contribution in [3.05, 3.63) is 41.0 Å². The number of rotatable bonds is 2. The first-order valence-corrected chi connectivity index (χ1v) is 8.96. The fourth-order valence-electron chi connectivity index (χ4n) is 3.50. The number of aryl methyl sites for hydroxylation is 2. The first-order valence-electron chi connectivity index (χ1n) is 8.14. The number of methoxy groups -OCH3 is 1. The Kier molecular flexibility index (Phi) is 3.06. The van der Waals surface area contributed by atoms with Crippen LogP contribution in [-0.4, -0.2) is 26.7 Å². The Morgan fingerprint density at radius 2 is 2.04 bits per heavy atom. The molecule has 0 saturated carbocycles. The summed E-state index contributed by atoms with van der Waals surface area (Å²) in [6.45, 7) is 0. The average molecular weight is 336 g/mol. The number of nitrogens with zero attached hydrogens (tertiary/aromatic N) is 4. The molecule has 3 aromatic heterocycles. The second-order valence-electron chi connectivity index (χ2n) is 6.04. The molecule has 0 unspecified atom stereocenters. The summed E-state index contributed by atoms with van der Waals surface area (Å²) in [5.41, 5.74) is 3.24. The van der Waals surface area contributed by atoms with E-state index in [-0.39, 0.29) is 0 Å². The number of thiophene rings is 1. The van der Waals surface area contributed by atoms with E-state index in [1.54, 1.807) is 18.0 Å². The minimum Gasteiger partial charge on any atom is -0.496 e. The Balaban J connectivity index is 1.79. The second-order valence-corrected chi connectivity index (χ2v) is 7.12. The summed E-state index contributed by atoms with van der Waals surface area (Å²) in [6, 6.07) is 7.85. The van der Waals surface area contributed by atoms with E-state index < -0.39 is 0 Å². The number of ether oxygens (including phenoxy) is 1. The van der Waals surface area contributed by atoms with Crippen molar-refractivity contribution < 1.29 is 4.74 Å². The van der Waals surface area contributed by atoms with Gasteiger partial charge < -0.3 is 4.74 Å². The highest BCUT2D eigenvalue weighted by molar-refractivity contribution is 7.19. The van der Waals surface area contributed by atoms with Crippen LogP contribution < -0.4 is 4.74 Å². The van der Waals surface area contributed by atoms with Crippen molar-refractivity contribution in [3.8, 4) is 17.1 Å². The zero-order valence-corrected chi connectivity index (χ0v) is 14.1. The van der Waals surface area contributed by atoms with Crippen LogP contribution in [0.2, 0.25) is 0 Å². The molecule has 4 aromatic rings. The molecule has 0 N–H and O–H groups in total. The first kappa shape index (κ1) is 13.9. The van der Waals surface area contributed by atoms with E-state index in [2.05, 4.69) is 10.1 Å². The normalized spacial score (nSPS) is 14.2. The lowest BCUT2D eigenvalue weighted by Crippen LogP contribution is -1.99. The van der Waals surface area contributed by atoms with Crippen LogP contribution in [0.25, 0.3) is 27.3 Å². The Labute approximate surface area is 142 Å². The fourth-order valence-corrected chi connectivity index (χ4v) is 4.72. The van der Waals surface area contributed by atoms with Crippen LogP contribution in [0.15, 0.2) is 30.6 Å². The molecule has 1 aromatic carbocycles. The molecule has 24 heavy (non-hydrogen) atoms. The molecule has 0 spiro atoms. The molecule has 6 heteroatoms. The summed E-state index contributed by atoms with van der Waals surface area (Å²) in [5.74, 6) is 1.46. The summed E-state index contributed by atoms with van der Waals surface area (Å²) in [6.07, 6.45) is 6.57. The quantitative estimate of drug-likeness (QED) is 0.557. The van der Waals surface area contributed by atoms with E-state index in [4.69, 9.17) is 9.72 Å². The van der Waals surface area contributed by atoms with Gasteiger partial charge in [0.1, 0.15) is 16.9 Å². The van der Waals surface area contributed by atoms with Crippen LogP contribution in [-0.2, 0) is 12.8 Å². The highest BCUT2D eigenvalue weighted by atomic mass is 32.1. The van der Waals surface area contributed by atoms with E-state index in [1.807, 2.05) is 35.6 Å². The van der Waals surface area contributed by atoms with Crippen LogP contribution in [0.5, 0.6) is 5.75 Å². The van der Waals surface area contributed by atoms with E-state index in [0.717, 1.165) is 34.6 Å². The van der Waals surface area contributed by atoms with Crippen molar-refractivity contribution in [1.29, 1.82) is 0 Å². The molecular formula is C18H16N4OS. The van der Waals surface area contributed by atoms with E-state index >= 15 is 0 Å². The number of benzene rings is 1. The van der Waals surface area contributed by atoms with Crippen molar-refractivity contribution in [3.63, 3.8) is 0 Å². The highest BCUT2D eigenvalue weighted by Crippen LogP contribution is 2.37. The summed E-state index contributed by atoms with van der Waals surface area (Å²) in [7, 11) is 1.67. The first-order chi connectivity index (χ1) is 11.8. The van der Waals surface area contributed by atoms with E-state index in [0.29, 0.717) is 5.82 Å². The maximum Gasteiger partial charge on any atom is 0.185 e. The lowest BCUT2D eigenvalue weighted by molar-refractivity contribution is 0.416. The SMILES string of the molecule is COc1ccccc1-c1nc2c3c4c(sc3ncn2n1)CCCC4. The molecule has 1 aliphatic carbocycles. The summed E-state index contributed by atoms with van der Waals surface area (Å²) >= 11 is 1.81. The molecule has 1 aliphatic rings. The Morgan fingerprint density at radius 3 is 2.96 bits per heavy atom. The molecule has 0 radical (unpaired) electrons. The molecule has 0 saturated heterocycles. The monoisotopic (exact) mass is 336 g/mol. The van der Waals surface area contributed by atoms with Crippen LogP contribution in [0.4, 0.5) is 0 Å². The van der Waals surface area contributed by atoms with Gasteiger partial charge in [0.15, 0.2) is 11.5 Å². The zero-order chi connectivity index (χ0) is 16.1. The van der Waals surface area contributed by atoms with Crippen LogP contribution >= 0.6 is 11.3 Å². The molecule has 5 rings (SSSR count). The lowest BCUT2D eigenvalue weighted by Gasteiger charge is -2.09. The highest BCUT2D eigenvalue weighted by Gasteiger charge is 2.21. The standard InChI is InChI=1S/C18H16N4OS/c1-23-13-8-4-2-6-11(13)16-20-17-15-12-7-3-5-9-14(12)24-18(15)19-10-22(17)21-16/h2,4,6,8,10H,3,5,7,9H2,1H3. The third kappa shape index (κ3) is 1.96. The molecule has 0 bridgehead atoms. The summed E-state index contributed by atoms with van der Waals surface area (Å²) in [5, 5.41) is 5.82. The lowest BCUT2D eigenvalue weighted by atomic mass is 9.97. The van der Waals surface area contributed by atoms with Gasteiger partial charge in [-0.05, 0) is 43.4 Å². The van der Waals surface area contributed by atoms with Gasteiger partial charge in [0.25, 0.3) is 0 Å². The number of para-hydroxylation sites is 1. The maximum atomic E-state index is 5.46. The predicted molar refractivity (Wildman–Crippen MR) is 94.8 cm³/mol. The molecular weight excluding hydrogens is 320 g/mol. The van der Waals surface area contributed by atoms with Crippen LogP contribution in [0.1, 0.15) is 23.3 Å². The van der Waals surface area contributed by atoms with Gasteiger partial charge in [-0.25, -0.2) is 14.5 Å². The van der Waals surface area contributed by atoms with Crippen LogP contribution in [0, 0.1) is 0 Å². The van der Waals surface area contributed by atoms with Gasteiger partial charge in [0, 0.05) is 4.88 Å². The van der Waals surface area contributed by atoms with E-state index in [1.165, 1.54) is 28.7 Å². The third-order valence-corrected chi connectivity index (χ3v) is 5.84. The number of aromatic nitrogens is 4. The van der Waals surface area contributed by atoms with Gasteiger partial charge in [0.2, 0.25) is 0 Å². The van der Waals surface area contributed by atoms with Gasteiger partial charge >= 0.3 is 0 Å². The van der Waals surface area contributed by atoms with E-state index in [9.17, 15) is 0 Å². The number of hydrogen-bond acceptors (Lipinski definition) is 5. The molecule has 3 heterocycles. The van der Waals surface area contributed by atoms with Crippen molar-refractivity contribution in [2.45, 2.75) is 25.7 Å². The Bertz CT molecular complexity index is 1070. The molecule has 0 aliphatic heterocycles. The molecule has 0 atom stereocenters. The Hall–Kier alpha value is -2.47. The van der Waals surface area contributed by atoms with Crippen molar-refractivity contribution >= 4 is 27.2 Å².